The van der Waals surface area contributed by atoms with E-state index in [0.29, 0.717) is 18.9 Å². The zero-order valence-electron chi connectivity index (χ0n) is 13.1. The molecule has 2 N–H and O–H groups in total. The van der Waals surface area contributed by atoms with Gasteiger partial charge in [0, 0.05) is 31.4 Å². The number of benzene rings is 1. The van der Waals surface area contributed by atoms with Gasteiger partial charge in [-0.15, -0.1) is 0 Å². The third-order valence-electron chi connectivity index (χ3n) is 3.94. The van der Waals surface area contributed by atoms with Gasteiger partial charge >= 0.3 is 0 Å². The van der Waals surface area contributed by atoms with Crippen LogP contribution in [-0.2, 0) is 16.3 Å². The molecular weight excluding hydrogens is 314 g/mol. The number of nitrogens with zero attached hydrogens (tertiary/aromatic N) is 1. The van der Waals surface area contributed by atoms with E-state index >= 15 is 0 Å². The lowest BCUT2D eigenvalue weighted by molar-refractivity contribution is 0.543. The fourth-order valence-electron chi connectivity index (χ4n) is 2.76. The fourth-order valence-corrected chi connectivity index (χ4v) is 4.43. The van der Waals surface area contributed by atoms with Crippen molar-refractivity contribution >= 4 is 26.8 Å². The van der Waals surface area contributed by atoms with E-state index in [-0.39, 0.29) is 17.5 Å². The summed E-state index contributed by atoms with van der Waals surface area (Å²) in [5, 5.41) is 7.46. The molecule has 1 unspecified atom stereocenters. The summed E-state index contributed by atoms with van der Waals surface area (Å²) in [5.74, 6) is 1.97. The molecule has 7 heteroatoms. The van der Waals surface area contributed by atoms with E-state index in [0.717, 1.165) is 23.2 Å². The first-order chi connectivity index (χ1) is 11.1. The summed E-state index contributed by atoms with van der Waals surface area (Å²) in [5.41, 5.74) is 0.890. The predicted molar refractivity (Wildman–Crippen MR) is 91.5 cm³/mol. The Morgan fingerprint density at radius 2 is 2.22 bits per heavy atom. The Kier molecular flexibility index (Phi) is 4.56. The Balaban J connectivity index is 1.50. The number of aliphatic imine (C=N–C) groups is 1. The van der Waals surface area contributed by atoms with Crippen LogP contribution in [0.5, 0.6) is 0 Å². The van der Waals surface area contributed by atoms with Gasteiger partial charge in [0.25, 0.3) is 0 Å². The predicted octanol–water partition coefficient (Wildman–Crippen LogP) is 1.33. The second-order valence-electron chi connectivity index (χ2n) is 5.74. The van der Waals surface area contributed by atoms with Gasteiger partial charge in [0.15, 0.2) is 15.8 Å². The molecule has 23 heavy (non-hydrogen) atoms. The number of nitrogens with one attached hydrogen (secondary N) is 2. The molecule has 1 aromatic carbocycles. The number of para-hydroxylation sites is 1. The number of hydrogen-bond acceptors (Lipinski definition) is 4. The first kappa shape index (κ1) is 15.9. The smallest absolute Gasteiger partial charge is 0.191 e. The summed E-state index contributed by atoms with van der Waals surface area (Å²) in [7, 11) is -1.21. The average Bonchev–Trinajstić information content (AvgIpc) is 3.08. The van der Waals surface area contributed by atoms with Gasteiger partial charge in [-0.05, 0) is 18.6 Å². The molecule has 1 atom stereocenters. The largest absolute Gasteiger partial charge is 0.461 e. The van der Waals surface area contributed by atoms with Crippen molar-refractivity contribution in [3.8, 4) is 0 Å². The van der Waals surface area contributed by atoms with E-state index in [2.05, 4.69) is 15.6 Å². The summed E-state index contributed by atoms with van der Waals surface area (Å²) in [4.78, 5) is 4.14. The van der Waals surface area contributed by atoms with Crippen LogP contribution in [-0.4, -0.2) is 45.5 Å². The highest BCUT2D eigenvalue weighted by Crippen LogP contribution is 2.18. The molecule has 1 aliphatic heterocycles. The number of guanidine groups is 1. The van der Waals surface area contributed by atoms with Gasteiger partial charge < -0.3 is 15.1 Å². The molecule has 2 heterocycles. The van der Waals surface area contributed by atoms with Crippen LogP contribution in [0.2, 0.25) is 0 Å². The number of sulfone groups is 1. The standard InChI is InChI=1S/C16H21N3O3S/c1-17-16(19-13-7-9-23(20,21)11-13)18-8-6-14-10-12-4-2-3-5-15(12)22-14/h2-5,10,13H,6-9,11H2,1H3,(H2,17,18,19). The molecule has 1 aromatic heterocycles. The van der Waals surface area contributed by atoms with Crippen LogP contribution in [0.3, 0.4) is 0 Å². The van der Waals surface area contributed by atoms with Crippen molar-refractivity contribution in [3.05, 3.63) is 36.1 Å². The fraction of sp³-hybridized carbons (Fsp3) is 0.438. The Labute approximate surface area is 135 Å². The highest BCUT2D eigenvalue weighted by atomic mass is 32.2. The third-order valence-corrected chi connectivity index (χ3v) is 5.71. The summed E-state index contributed by atoms with van der Waals surface area (Å²) in [6.45, 7) is 0.666. The normalized spacial score (nSPS) is 20.7. The van der Waals surface area contributed by atoms with E-state index in [9.17, 15) is 8.42 Å². The zero-order valence-corrected chi connectivity index (χ0v) is 13.9. The van der Waals surface area contributed by atoms with Gasteiger partial charge in [-0.3, -0.25) is 4.99 Å². The highest BCUT2D eigenvalue weighted by Gasteiger charge is 2.28. The molecule has 0 spiro atoms. The van der Waals surface area contributed by atoms with E-state index in [1.54, 1.807) is 7.05 Å². The van der Waals surface area contributed by atoms with Crippen LogP contribution in [0.1, 0.15) is 12.2 Å². The van der Waals surface area contributed by atoms with Crippen LogP contribution in [0, 0.1) is 0 Å². The molecule has 0 amide bonds. The van der Waals surface area contributed by atoms with Crippen molar-refractivity contribution < 1.29 is 12.8 Å². The average molecular weight is 335 g/mol. The number of hydrogen-bond donors (Lipinski definition) is 2. The lowest BCUT2D eigenvalue weighted by Crippen LogP contribution is -2.44. The highest BCUT2D eigenvalue weighted by molar-refractivity contribution is 7.91. The van der Waals surface area contributed by atoms with Crippen LogP contribution >= 0.6 is 0 Å². The molecule has 0 radical (unpaired) electrons. The molecule has 1 saturated heterocycles. The zero-order chi connectivity index (χ0) is 16.3. The summed E-state index contributed by atoms with van der Waals surface area (Å²) in [6.07, 6.45) is 1.37. The van der Waals surface area contributed by atoms with Crippen LogP contribution in [0.15, 0.2) is 39.7 Å². The van der Waals surface area contributed by atoms with Gasteiger partial charge in [0.05, 0.1) is 11.5 Å². The Bertz CT molecular complexity index is 778. The van der Waals surface area contributed by atoms with Crippen molar-refractivity contribution in [2.75, 3.05) is 25.1 Å². The van der Waals surface area contributed by atoms with E-state index < -0.39 is 9.84 Å². The minimum atomic E-state index is -2.89. The van der Waals surface area contributed by atoms with Gasteiger partial charge in [-0.25, -0.2) is 8.42 Å². The van der Waals surface area contributed by atoms with E-state index in [1.165, 1.54) is 0 Å². The van der Waals surface area contributed by atoms with Crippen molar-refractivity contribution in [1.82, 2.24) is 10.6 Å². The third kappa shape index (κ3) is 4.04. The molecule has 3 rings (SSSR count). The number of fused-ring (bicyclic) bond motifs is 1. The Morgan fingerprint density at radius 3 is 2.91 bits per heavy atom. The van der Waals surface area contributed by atoms with Crippen molar-refractivity contribution in [1.29, 1.82) is 0 Å². The topological polar surface area (TPSA) is 83.7 Å². The lowest BCUT2D eigenvalue weighted by Gasteiger charge is -2.15. The van der Waals surface area contributed by atoms with E-state index in [4.69, 9.17) is 4.42 Å². The van der Waals surface area contributed by atoms with Crippen molar-refractivity contribution in [3.63, 3.8) is 0 Å². The van der Waals surface area contributed by atoms with Gasteiger partial charge in [0.1, 0.15) is 11.3 Å². The second kappa shape index (κ2) is 6.62. The molecule has 0 aliphatic carbocycles. The Hall–Kier alpha value is -2.02. The number of furan rings is 1. The van der Waals surface area contributed by atoms with Gasteiger partial charge in [-0.2, -0.15) is 0 Å². The van der Waals surface area contributed by atoms with Crippen LogP contribution in [0.25, 0.3) is 11.0 Å². The SMILES string of the molecule is CN=C(NCCc1cc2ccccc2o1)NC1CCS(=O)(=O)C1. The molecule has 2 aromatic rings. The first-order valence-corrected chi connectivity index (χ1v) is 9.53. The quantitative estimate of drug-likeness (QED) is 0.650. The molecule has 0 bridgehead atoms. The lowest BCUT2D eigenvalue weighted by atomic mass is 10.2. The maximum Gasteiger partial charge on any atom is 0.191 e. The molecule has 1 fully saturated rings. The first-order valence-electron chi connectivity index (χ1n) is 7.71. The molecular formula is C16H21N3O3S. The molecule has 0 saturated carbocycles. The van der Waals surface area contributed by atoms with Crippen LogP contribution < -0.4 is 10.6 Å². The summed E-state index contributed by atoms with van der Waals surface area (Å²) >= 11 is 0. The summed E-state index contributed by atoms with van der Waals surface area (Å²) in [6, 6.07) is 9.90. The minimum Gasteiger partial charge on any atom is -0.461 e. The van der Waals surface area contributed by atoms with Gasteiger partial charge in [-0.1, -0.05) is 18.2 Å². The van der Waals surface area contributed by atoms with Crippen molar-refractivity contribution in [2.24, 2.45) is 4.99 Å². The van der Waals surface area contributed by atoms with Gasteiger partial charge in [0.2, 0.25) is 0 Å². The maximum atomic E-state index is 11.5. The molecule has 6 nitrogen and oxygen atoms in total. The monoisotopic (exact) mass is 335 g/mol. The summed E-state index contributed by atoms with van der Waals surface area (Å²) < 4.78 is 28.7. The Morgan fingerprint density at radius 1 is 1.39 bits per heavy atom. The van der Waals surface area contributed by atoms with E-state index in [1.807, 2.05) is 30.3 Å². The molecule has 124 valence electrons. The maximum absolute atomic E-state index is 11.5. The van der Waals surface area contributed by atoms with Crippen LogP contribution in [0.4, 0.5) is 0 Å². The number of rotatable bonds is 4. The second-order valence-corrected chi connectivity index (χ2v) is 7.97. The molecule has 1 aliphatic rings. The minimum absolute atomic E-state index is 0.0580. The van der Waals surface area contributed by atoms with Crippen molar-refractivity contribution in [2.45, 2.75) is 18.9 Å².